The second-order valence-corrected chi connectivity index (χ2v) is 11.7. The lowest BCUT2D eigenvalue weighted by Gasteiger charge is -2.38. The van der Waals surface area contributed by atoms with Crippen molar-refractivity contribution in [3.8, 4) is 0 Å². The highest BCUT2D eigenvalue weighted by Crippen LogP contribution is 2.51. The highest BCUT2D eigenvalue weighted by molar-refractivity contribution is 7.91. The number of sulfonamides is 1. The third-order valence-electron chi connectivity index (χ3n) is 7.53. The summed E-state index contributed by atoms with van der Waals surface area (Å²) in [6.07, 6.45) is 4.48. The van der Waals surface area contributed by atoms with Crippen molar-refractivity contribution in [2.75, 3.05) is 0 Å². The molecule has 4 aromatic carbocycles. The molecule has 2 N–H and O–H groups in total. The van der Waals surface area contributed by atoms with Gasteiger partial charge < -0.3 is 5.73 Å². The average Bonchev–Trinajstić information content (AvgIpc) is 3.27. The Bertz CT molecular complexity index is 1650. The zero-order valence-corrected chi connectivity index (χ0v) is 21.8. The van der Waals surface area contributed by atoms with Gasteiger partial charge in [-0.1, -0.05) is 103 Å². The topological polar surface area (TPSA) is 72.5 Å². The molecular formula is C32H28N3O2S+. The highest BCUT2D eigenvalue weighted by Gasteiger charge is 2.58. The third-order valence-corrected chi connectivity index (χ3v) is 9.61. The molecule has 0 saturated heterocycles. The average molecular weight is 519 g/mol. The number of amidine groups is 1. The van der Waals surface area contributed by atoms with Crippen LogP contribution in [0.15, 0.2) is 149 Å². The van der Waals surface area contributed by atoms with E-state index in [9.17, 15) is 8.42 Å². The predicted molar refractivity (Wildman–Crippen MR) is 153 cm³/mol. The molecule has 0 amide bonds. The number of nitrogens with zero attached hydrogens (tertiary/aromatic N) is 2. The van der Waals surface area contributed by atoms with Gasteiger partial charge in [0.25, 0.3) is 0 Å². The molecule has 6 heteroatoms. The van der Waals surface area contributed by atoms with E-state index in [2.05, 4.69) is 30.3 Å². The van der Waals surface area contributed by atoms with E-state index in [1.54, 1.807) is 12.1 Å². The van der Waals surface area contributed by atoms with Crippen molar-refractivity contribution in [3.05, 3.63) is 155 Å². The Hall–Kier alpha value is -4.26. The van der Waals surface area contributed by atoms with Crippen LogP contribution in [0.2, 0.25) is 0 Å². The van der Waals surface area contributed by atoms with Crippen LogP contribution in [0.4, 0.5) is 5.69 Å². The summed E-state index contributed by atoms with van der Waals surface area (Å²) in [7, 11) is -4.11. The number of quaternary nitrogens is 1. The molecule has 0 fully saturated rings. The van der Waals surface area contributed by atoms with E-state index in [1.165, 1.54) is 0 Å². The molecule has 1 atom stereocenters. The van der Waals surface area contributed by atoms with E-state index in [1.807, 2.05) is 91.9 Å². The van der Waals surface area contributed by atoms with Crippen LogP contribution in [-0.4, -0.2) is 14.3 Å². The van der Waals surface area contributed by atoms with Gasteiger partial charge in [0.05, 0.1) is 5.57 Å². The van der Waals surface area contributed by atoms with Gasteiger partial charge in [0, 0.05) is 24.0 Å². The maximum atomic E-state index is 14.7. The standard InChI is InChI=1S/C32H28N3O2S/c1-24-17-19-28(20-18-24)38(36,37)35(27-15-9-4-10-16-27)30-23-32(25-11-5-2-6-12-25,26-13-7-3-8-14-26)22-21-29(30)31(33)34-35/h2-22H,23H2,1H3,(H2,33,34)/q+1. The maximum Gasteiger partial charge on any atom is 0.361 e. The molecule has 0 bridgehead atoms. The van der Waals surface area contributed by atoms with Crippen LogP contribution in [0, 0.1) is 6.92 Å². The van der Waals surface area contributed by atoms with Gasteiger partial charge in [0.15, 0.2) is 17.2 Å². The minimum absolute atomic E-state index is 0.192. The molecule has 1 aliphatic heterocycles. The van der Waals surface area contributed by atoms with Gasteiger partial charge in [-0.25, -0.2) is 0 Å². The molecule has 5 nitrogen and oxygen atoms in total. The zero-order valence-electron chi connectivity index (χ0n) is 21.0. The summed E-state index contributed by atoms with van der Waals surface area (Å²) < 4.78 is 28.7. The Balaban J connectivity index is 1.64. The number of para-hydroxylation sites is 1. The third kappa shape index (κ3) is 3.49. The smallest absolute Gasteiger partial charge is 0.361 e. The van der Waals surface area contributed by atoms with E-state index in [-0.39, 0.29) is 10.7 Å². The Morgan fingerprint density at radius 1 is 0.763 bits per heavy atom. The maximum absolute atomic E-state index is 14.7. The van der Waals surface area contributed by atoms with Crippen LogP contribution in [0.5, 0.6) is 0 Å². The molecule has 1 unspecified atom stereocenters. The first-order valence-electron chi connectivity index (χ1n) is 12.6. The number of hydrogen-bond donors (Lipinski definition) is 1. The van der Waals surface area contributed by atoms with Gasteiger partial charge in [0.1, 0.15) is 4.90 Å². The van der Waals surface area contributed by atoms with Crippen molar-refractivity contribution < 1.29 is 8.42 Å². The minimum atomic E-state index is -4.11. The molecule has 38 heavy (non-hydrogen) atoms. The number of rotatable bonds is 5. The minimum Gasteiger partial charge on any atom is -0.379 e. The van der Waals surface area contributed by atoms with Crippen molar-refractivity contribution in [2.24, 2.45) is 10.8 Å². The lowest BCUT2D eigenvalue weighted by molar-refractivity contribution is 0.454. The number of nitrogens with two attached hydrogens (primary N) is 1. The fraction of sp³-hybridized carbons (Fsp3) is 0.0938. The van der Waals surface area contributed by atoms with Gasteiger partial charge in [-0.2, -0.15) is 8.42 Å². The van der Waals surface area contributed by atoms with Gasteiger partial charge in [-0.15, -0.1) is 0 Å². The molecule has 0 saturated carbocycles. The second kappa shape index (κ2) is 8.94. The van der Waals surface area contributed by atoms with Crippen molar-refractivity contribution >= 4 is 21.5 Å². The van der Waals surface area contributed by atoms with Gasteiger partial charge in [0.2, 0.25) is 0 Å². The number of benzene rings is 4. The van der Waals surface area contributed by atoms with E-state index in [0.29, 0.717) is 23.4 Å². The van der Waals surface area contributed by atoms with Crippen LogP contribution in [0.25, 0.3) is 0 Å². The SMILES string of the molecule is Cc1ccc(S(=O)(=O)[N+]2(c3ccccc3)N=C(N)C3=C2CC(c2ccccc2)(c2ccccc2)C=C3)cc1. The monoisotopic (exact) mass is 518 g/mol. The fourth-order valence-electron chi connectivity index (χ4n) is 5.59. The summed E-state index contributed by atoms with van der Waals surface area (Å²) in [5.41, 5.74) is 10.8. The van der Waals surface area contributed by atoms with Crippen molar-refractivity contribution in [3.63, 3.8) is 0 Å². The van der Waals surface area contributed by atoms with E-state index >= 15 is 0 Å². The summed E-state index contributed by atoms with van der Waals surface area (Å²) in [6.45, 7) is 1.94. The fourth-order valence-corrected chi connectivity index (χ4v) is 7.42. The van der Waals surface area contributed by atoms with Gasteiger partial charge in [-0.05, 0) is 45.4 Å². The van der Waals surface area contributed by atoms with Gasteiger partial charge >= 0.3 is 10.0 Å². The molecule has 188 valence electrons. The van der Waals surface area contributed by atoms with Crippen molar-refractivity contribution in [1.82, 2.24) is 4.00 Å². The second-order valence-electron chi connectivity index (χ2n) is 9.76. The normalized spacial score (nSPS) is 20.2. The molecule has 1 aliphatic carbocycles. The summed E-state index contributed by atoms with van der Waals surface area (Å²) in [4.78, 5) is 0.192. The molecule has 2 aliphatic rings. The van der Waals surface area contributed by atoms with Crippen LogP contribution >= 0.6 is 0 Å². The zero-order chi connectivity index (χ0) is 26.4. The summed E-state index contributed by atoms with van der Waals surface area (Å²) in [6, 6.07) is 36.5. The summed E-state index contributed by atoms with van der Waals surface area (Å²) >= 11 is 0. The van der Waals surface area contributed by atoms with E-state index in [4.69, 9.17) is 10.8 Å². The largest absolute Gasteiger partial charge is 0.379 e. The first-order chi connectivity index (χ1) is 18.4. The molecule has 6 rings (SSSR count). The van der Waals surface area contributed by atoms with Crippen LogP contribution < -0.4 is 9.73 Å². The van der Waals surface area contributed by atoms with Crippen LogP contribution in [-0.2, 0) is 15.4 Å². The van der Waals surface area contributed by atoms with Crippen molar-refractivity contribution in [1.29, 1.82) is 0 Å². The predicted octanol–water partition coefficient (Wildman–Crippen LogP) is 6.18. The Labute approximate surface area is 223 Å². The number of aryl methyl sites for hydroxylation is 1. The Kier molecular flexibility index (Phi) is 5.67. The van der Waals surface area contributed by atoms with Crippen LogP contribution in [0.3, 0.4) is 0 Å². The lowest BCUT2D eigenvalue weighted by atomic mass is 9.68. The van der Waals surface area contributed by atoms with E-state index in [0.717, 1.165) is 16.7 Å². The number of allylic oxidation sites excluding steroid dienone is 2. The Morgan fingerprint density at radius 3 is 1.84 bits per heavy atom. The quantitative estimate of drug-likeness (QED) is 0.321. The van der Waals surface area contributed by atoms with Crippen LogP contribution in [0.1, 0.15) is 23.1 Å². The molecule has 0 aromatic heterocycles. The molecule has 0 spiro atoms. The lowest BCUT2D eigenvalue weighted by Crippen LogP contribution is -2.49. The van der Waals surface area contributed by atoms with Crippen molar-refractivity contribution in [2.45, 2.75) is 23.7 Å². The molecule has 0 radical (unpaired) electrons. The van der Waals surface area contributed by atoms with E-state index < -0.39 is 19.4 Å². The molecular weight excluding hydrogens is 490 g/mol. The molecule has 1 heterocycles. The first kappa shape index (κ1) is 24.1. The first-order valence-corrected chi connectivity index (χ1v) is 14.0. The van der Waals surface area contributed by atoms with Gasteiger partial charge in [-0.3, -0.25) is 0 Å². The summed E-state index contributed by atoms with van der Waals surface area (Å²) in [5, 5.41) is 4.78. The number of hydrogen-bond acceptors (Lipinski definition) is 4. The highest BCUT2D eigenvalue weighted by atomic mass is 32.2. The molecule has 4 aromatic rings. The Morgan fingerprint density at radius 2 is 1.29 bits per heavy atom. The summed E-state index contributed by atoms with van der Waals surface area (Å²) in [5.74, 6) is 0.213.